The minimum Gasteiger partial charge on any atom is -0.456 e. The predicted molar refractivity (Wildman–Crippen MR) is 200 cm³/mol. The number of para-hydroxylation sites is 1. The van der Waals surface area contributed by atoms with Crippen molar-refractivity contribution in [2.24, 2.45) is 0 Å². The fourth-order valence-corrected chi connectivity index (χ4v) is 7.67. The number of rotatable bonds is 3. The molecule has 1 aromatic heterocycles. The molecule has 0 saturated carbocycles. The van der Waals surface area contributed by atoms with Crippen molar-refractivity contribution in [1.82, 2.24) is 0 Å². The lowest BCUT2D eigenvalue weighted by atomic mass is 9.85. The second-order valence-electron chi connectivity index (χ2n) is 12.5. The Morgan fingerprint density at radius 1 is 0.277 bits per heavy atom. The molecule has 1 nitrogen and oxygen atoms in total. The van der Waals surface area contributed by atoms with Crippen molar-refractivity contribution in [2.45, 2.75) is 0 Å². The molecule has 9 aromatic carbocycles. The molecule has 0 atom stereocenters. The minimum atomic E-state index is 0.928. The molecule has 47 heavy (non-hydrogen) atoms. The van der Waals surface area contributed by atoms with Gasteiger partial charge in [-0.05, 0) is 107 Å². The SMILES string of the molecule is c1ccc(-c2ccc3cc(-c4c5ccccc5c(-c5ccc6c(ccc7oc8ccccc8c76)c5)c5ccccc45)ccc3c2)cc1. The van der Waals surface area contributed by atoms with E-state index >= 15 is 0 Å². The largest absolute Gasteiger partial charge is 0.456 e. The predicted octanol–water partition coefficient (Wildman–Crippen LogP) is 13.2. The highest BCUT2D eigenvalue weighted by Crippen LogP contribution is 2.45. The third-order valence-electron chi connectivity index (χ3n) is 9.81. The summed E-state index contributed by atoms with van der Waals surface area (Å²) in [6.45, 7) is 0. The lowest BCUT2D eigenvalue weighted by Gasteiger charge is -2.18. The van der Waals surface area contributed by atoms with Crippen LogP contribution in [0.1, 0.15) is 0 Å². The first-order valence-electron chi connectivity index (χ1n) is 16.2. The number of hydrogen-bond donors (Lipinski definition) is 0. The first-order valence-corrected chi connectivity index (χ1v) is 16.2. The van der Waals surface area contributed by atoms with Crippen LogP contribution in [0, 0.1) is 0 Å². The summed E-state index contributed by atoms with van der Waals surface area (Å²) < 4.78 is 6.20. The Labute approximate surface area is 271 Å². The maximum absolute atomic E-state index is 6.20. The highest BCUT2D eigenvalue weighted by Gasteiger charge is 2.18. The van der Waals surface area contributed by atoms with Crippen molar-refractivity contribution in [3.63, 3.8) is 0 Å². The average Bonchev–Trinajstić information content (AvgIpc) is 3.53. The van der Waals surface area contributed by atoms with Gasteiger partial charge >= 0.3 is 0 Å². The van der Waals surface area contributed by atoms with Gasteiger partial charge in [0.25, 0.3) is 0 Å². The van der Waals surface area contributed by atoms with Crippen LogP contribution in [-0.2, 0) is 0 Å². The van der Waals surface area contributed by atoms with E-state index in [2.05, 4.69) is 158 Å². The summed E-state index contributed by atoms with van der Waals surface area (Å²) in [5.74, 6) is 0. The molecule has 10 rings (SSSR count). The average molecular weight is 597 g/mol. The number of furan rings is 1. The summed E-state index contributed by atoms with van der Waals surface area (Å²) in [5.41, 5.74) is 9.33. The highest BCUT2D eigenvalue weighted by atomic mass is 16.3. The van der Waals surface area contributed by atoms with Crippen molar-refractivity contribution in [1.29, 1.82) is 0 Å². The van der Waals surface area contributed by atoms with Gasteiger partial charge in [-0.3, -0.25) is 0 Å². The zero-order valence-electron chi connectivity index (χ0n) is 25.6. The lowest BCUT2D eigenvalue weighted by Crippen LogP contribution is -1.91. The van der Waals surface area contributed by atoms with Gasteiger partial charge in [0.15, 0.2) is 0 Å². The van der Waals surface area contributed by atoms with E-state index in [0.29, 0.717) is 0 Å². The molecule has 0 aliphatic heterocycles. The minimum absolute atomic E-state index is 0.928. The first-order chi connectivity index (χ1) is 23.3. The van der Waals surface area contributed by atoms with Crippen LogP contribution in [0.3, 0.4) is 0 Å². The Kier molecular flexibility index (Phi) is 5.64. The molecule has 218 valence electrons. The molecular formula is C46H28O. The van der Waals surface area contributed by atoms with Crippen LogP contribution in [0.25, 0.3) is 98.4 Å². The Morgan fingerprint density at radius 2 is 0.766 bits per heavy atom. The Bertz CT molecular complexity index is 2780. The van der Waals surface area contributed by atoms with Gasteiger partial charge in [-0.25, -0.2) is 0 Å². The van der Waals surface area contributed by atoms with E-state index in [0.717, 1.165) is 16.6 Å². The maximum atomic E-state index is 6.20. The second-order valence-corrected chi connectivity index (χ2v) is 12.5. The van der Waals surface area contributed by atoms with Gasteiger partial charge in [-0.2, -0.15) is 0 Å². The van der Waals surface area contributed by atoms with Gasteiger partial charge in [0.1, 0.15) is 11.2 Å². The van der Waals surface area contributed by atoms with E-state index in [4.69, 9.17) is 4.42 Å². The zero-order chi connectivity index (χ0) is 30.9. The summed E-state index contributed by atoms with van der Waals surface area (Å²) in [7, 11) is 0. The van der Waals surface area contributed by atoms with E-state index in [1.165, 1.54) is 81.9 Å². The third-order valence-corrected chi connectivity index (χ3v) is 9.81. The summed E-state index contributed by atoms with van der Waals surface area (Å²) in [4.78, 5) is 0. The molecule has 0 spiro atoms. The standard InChI is InChI=1S/C46H28O/c1-2-10-29(11-3-1)30-18-19-32-27-34(21-20-31(32)26-30)44-37-12-4-6-14-39(37)45(40-15-7-5-13-38(40)44)35-22-24-36-33(28-35)23-25-43-46(36)41-16-8-9-17-42(41)47-43/h1-28H. The monoisotopic (exact) mass is 596 g/mol. The Balaban J connectivity index is 1.19. The van der Waals surface area contributed by atoms with E-state index in [1.54, 1.807) is 0 Å². The van der Waals surface area contributed by atoms with E-state index in [9.17, 15) is 0 Å². The van der Waals surface area contributed by atoms with Crippen LogP contribution in [0.4, 0.5) is 0 Å². The van der Waals surface area contributed by atoms with E-state index in [1.807, 2.05) is 12.1 Å². The van der Waals surface area contributed by atoms with Crippen molar-refractivity contribution in [3.05, 3.63) is 170 Å². The smallest absolute Gasteiger partial charge is 0.136 e. The fraction of sp³-hybridized carbons (Fsp3) is 0. The normalized spacial score (nSPS) is 11.8. The molecule has 0 unspecified atom stereocenters. The van der Waals surface area contributed by atoms with Crippen LogP contribution in [0.5, 0.6) is 0 Å². The number of fused-ring (bicyclic) bond motifs is 8. The Hall–Kier alpha value is -6.18. The maximum Gasteiger partial charge on any atom is 0.136 e. The topological polar surface area (TPSA) is 13.1 Å². The molecule has 0 amide bonds. The molecule has 0 aliphatic rings. The van der Waals surface area contributed by atoms with Gasteiger partial charge in [-0.15, -0.1) is 0 Å². The fourth-order valence-electron chi connectivity index (χ4n) is 7.67. The number of hydrogen-bond acceptors (Lipinski definition) is 1. The molecule has 1 heterocycles. The molecule has 0 radical (unpaired) electrons. The third kappa shape index (κ3) is 4.03. The molecule has 0 bridgehead atoms. The molecule has 1 heteroatoms. The summed E-state index contributed by atoms with van der Waals surface area (Å²) in [6, 6.07) is 61.7. The zero-order valence-corrected chi connectivity index (χ0v) is 25.6. The Morgan fingerprint density at radius 3 is 1.43 bits per heavy atom. The molecule has 0 aliphatic carbocycles. The molecular weight excluding hydrogens is 569 g/mol. The number of benzene rings is 9. The van der Waals surface area contributed by atoms with Gasteiger partial charge in [-0.1, -0.05) is 140 Å². The van der Waals surface area contributed by atoms with Crippen LogP contribution >= 0.6 is 0 Å². The van der Waals surface area contributed by atoms with Crippen LogP contribution < -0.4 is 0 Å². The molecule has 0 saturated heterocycles. The van der Waals surface area contributed by atoms with Crippen LogP contribution in [0.2, 0.25) is 0 Å². The van der Waals surface area contributed by atoms with Gasteiger partial charge in [0.2, 0.25) is 0 Å². The quantitative estimate of drug-likeness (QED) is 0.185. The highest BCUT2D eigenvalue weighted by molar-refractivity contribution is 6.23. The van der Waals surface area contributed by atoms with Gasteiger partial charge < -0.3 is 4.42 Å². The van der Waals surface area contributed by atoms with Crippen LogP contribution in [0.15, 0.2) is 174 Å². The summed E-state index contributed by atoms with van der Waals surface area (Å²) >= 11 is 0. The van der Waals surface area contributed by atoms with E-state index < -0.39 is 0 Å². The summed E-state index contributed by atoms with van der Waals surface area (Å²) in [5, 5.41) is 12.3. The first kappa shape index (κ1) is 26.1. The molecule has 0 fully saturated rings. The lowest BCUT2D eigenvalue weighted by molar-refractivity contribution is 0.669. The van der Waals surface area contributed by atoms with E-state index in [-0.39, 0.29) is 0 Å². The van der Waals surface area contributed by atoms with Crippen molar-refractivity contribution < 1.29 is 4.42 Å². The molecule has 0 N–H and O–H groups in total. The molecule has 10 aromatic rings. The van der Waals surface area contributed by atoms with Crippen molar-refractivity contribution in [2.75, 3.05) is 0 Å². The van der Waals surface area contributed by atoms with Gasteiger partial charge in [0.05, 0.1) is 0 Å². The van der Waals surface area contributed by atoms with Crippen molar-refractivity contribution >= 4 is 65.0 Å². The van der Waals surface area contributed by atoms with Crippen molar-refractivity contribution in [3.8, 4) is 33.4 Å². The van der Waals surface area contributed by atoms with Crippen LogP contribution in [-0.4, -0.2) is 0 Å². The summed E-state index contributed by atoms with van der Waals surface area (Å²) in [6.07, 6.45) is 0. The van der Waals surface area contributed by atoms with Gasteiger partial charge in [0, 0.05) is 10.8 Å². The second kappa shape index (κ2) is 10.2.